The number of benzene rings is 1. The van der Waals surface area contributed by atoms with Crippen LogP contribution in [0.15, 0.2) is 30.3 Å². The number of nitrogens with one attached hydrogen (secondary N) is 2. The fourth-order valence-electron chi connectivity index (χ4n) is 1.84. The number of nitrogens with zero attached hydrogens (tertiary/aromatic N) is 1. The van der Waals surface area contributed by atoms with Crippen LogP contribution in [0.3, 0.4) is 0 Å². The Morgan fingerprint density at radius 2 is 2.15 bits per heavy atom. The van der Waals surface area contributed by atoms with Crippen LogP contribution >= 0.6 is 34.5 Å². The number of hydrogen-bond acceptors (Lipinski definition) is 3. The lowest BCUT2D eigenvalue weighted by molar-refractivity contribution is 0.0950. The average Bonchev–Trinajstić information content (AvgIpc) is 2.98. The summed E-state index contributed by atoms with van der Waals surface area (Å²) in [5, 5.41) is 2.76. The molecule has 1 amide bonds. The summed E-state index contributed by atoms with van der Waals surface area (Å²) in [6.45, 7) is 0.303. The minimum atomic E-state index is -0.265. The Morgan fingerprint density at radius 1 is 1.35 bits per heavy atom. The number of aromatic amines is 1. The molecule has 0 radical (unpaired) electrons. The molecule has 2 N–H and O–H groups in total. The number of carbonyl (C=O) groups is 1. The third-order valence-electron chi connectivity index (χ3n) is 2.76. The lowest BCUT2D eigenvalue weighted by Gasteiger charge is -2.01. The summed E-state index contributed by atoms with van der Waals surface area (Å²) < 4.78 is 0.876. The van der Waals surface area contributed by atoms with Crippen LogP contribution in [0, 0.1) is 0 Å². The van der Waals surface area contributed by atoms with Gasteiger partial charge in [0.25, 0.3) is 5.91 Å². The summed E-state index contributed by atoms with van der Waals surface area (Å²) >= 11 is 12.9. The number of thiophene rings is 1. The number of imidazole rings is 1. The first-order chi connectivity index (χ1) is 9.63. The van der Waals surface area contributed by atoms with Gasteiger partial charge in [-0.3, -0.25) is 4.79 Å². The first-order valence-corrected chi connectivity index (χ1v) is 7.37. The number of halogens is 2. The second-order valence-corrected chi connectivity index (χ2v) is 6.41. The minimum absolute atomic E-state index is 0.265. The van der Waals surface area contributed by atoms with E-state index in [1.54, 1.807) is 6.07 Å². The Labute approximate surface area is 128 Å². The lowest BCUT2D eigenvalue weighted by atomic mass is 10.3. The van der Waals surface area contributed by atoms with Gasteiger partial charge in [-0.25, -0.2) is 4.98 Å². The molecule has 3 aromatic rings. The van der Waals surface area contributed by atoms with E-state index in [0.717, 1.165) is 11.0 Å². The Bertz CT molecular complexity index is 748. The molecule has 7 heteroatoms. The molecule has 20 heavy (non-hydrogen) atoms. The summed E-state index contributed by atoms with van der Waals surface area (Å²) in [7, 11) is 0. The van der Waals surface area contributed by atoms with Gasteiger partial charge in [0.1, 0.15) is 10.2 Å². The number of H-pyrrole nitrogens is 1. The van der Waals surface area contributed by atoms with E-state index in [4.69, 9.17) is 23.2 Å². The van der Waals surface area contributed by atoms with Gasteiger partial charge in [0.15, 0.2) is 0 Å². The maximum Gasteiger partial charge on any atom is 0.254 e. The molecule has 0 fully saturated rings. The molecular formula is C13H9Cl2N3OS. The molecule has 0 saturated carbocycles. The molecule has 0 aliphatic heterocycles. The van der Waals surface area contributed by atoms with Crippen LogP contribution in [0.5, 0.6) is 0 Å². The second kappa shape index (κ2) is 5.44. The summed E-state index contributed by atoms with van der Waals surface area (Å²) in [6, 6.07) is 9.24. The Kier molecular flexibility index (Phi) is 3.65. The van der Waals surface area contributed by atoms with Crippen molar-refractivity contribution in [3.05, 3.63) is 50.4 Å². The minimum Gasteiger partial charge on any atom is -0.345 e. The molecule has 4 nitrogen and oxygen atoms in total. The van der Waals surface area contributed by atoms with Crippen molar-refractivity contribution < 1.29 is 4.79 Å². The molecule has 0 aliphatic rings. The molecular weight excluding hydrogens is 317 g/mol. The molecule has 0 spiro atoms. The largest absolute Gasteiger partial charge is 0.345 e. The van der Waals surface area contributed by atoms with E-state index in [-0.39, 0.29) is 5.91 Å². The number of fused-ring (bicyclic) bond motifs is 1. The highest BCUT2D eigenvalue weighted by Crippen LogP contribution is 2.30. The second-order valence-electron chi connectivity index (χ2n) is 4.12. The Hall–Kier alpha value is -1.56. The monoisotopic (exact) mass is 325 g/mol. The number of aromatic nitrogens is 2. The van der Waals surface area contributed by atoms with Gasteiger partial charge >= 0.3 is 0 Å². The van der Waals surface area contributed by atoms with Gasteiger partial charge in [-0.15, -0.1) is 11.3 Å². The molecule has 1 aromatic carbocycles. The maximum atomic E-state index is 12.0. The van der Waals surface area contributed by atoms with Crippen molar-refractivity contribution >= 4 is 51.5 Å². The normalized spacial score (nSPS) is 10.9. The van der Waals surface area contributed by atoms with Crippen LogP contribution in [-0.4, -0.2) is 15.9 Å². The van der Waals surface area contributed by atoms with E-state index >= 15 is 0 Å². The number of rotatable bonds is 3. The third-order valence-corrected chi connectivity index (χ3v) is 4.24. The zero-order valence-corrected chi connectivity index (χ0v) is 12.4. The van der Waals surface area contributed by atoms with Crippen molar-refractivity contribution in [1.29, 1.82) is 0 Å². The highest BCUT2D eigenvalue weighted by Gasteiger charge is 2.14. The van der Waals surface area contributed by atoms with E-state index in [0.29, 0.717) is 26.6 Å². The first kappa shape index (κ1) is 13.4. The number of hydrogen-bond donors (Lipinski definition) is 2. The molecule has 2 heterocycles. The van der Waals surface area contributed by atoms with Crippen LogP contribution in [0.2, 0.25) is 8.67 Å². The standard InChI is InChI=1S/C13H9Cl2N3OS/c14-10-5-7(12(15)20-10)13(19)16-6-11-17-8-3-1-2-4-9(8)18-11/h1-5H,6H2,(H,16,19)(H,17,18). The van der Waals surface area contributed by atoms with E-state index < -0.39 is 0 Å². The van der Waals surface area contributed by atoms with Crippen molar-refractivity contribution in [1.82, 2.24) is 15.3 Å². The zero-order chi connectivity index (χ0) is 14.1. The quantitative estimate of drug-likeness (QED) is 0.768. The number of amides is 1. The molecule has 0 aliphatic carbocycles. The average molecular weight is 326 g/mol. The van der Waals surface area contributed by atoms with Crippen LogP contribution in [0.4, 0.5) is 0 Å². The number of carbonyl (C=O) groups excluding carboxylic acids is 1. The van der Waals surface area contributed by atoms with Gasteiger partial charge in [-0.05, 0) is 18.2 Å². The first-order valence-electron chi connectivity index (χ1n) is 5.80. The maximum absolute atomic E-state index is 12.0. The van der Waals surface area contributed by atoms with Gasteiger partial charge in [-0.1, -0.05) is 35.3 Å². The van der Waals surface area contributed by atoms with Crippen molar-refractivity contribution in [2.24, 2.45) is 0 Å². The molecule has 102 valence electrons. The van der Waals surface area contributed by atoms with E-state index in [1.165, 1.54) is 11.3 Å². The highest BCUT2D eigenvalue weighted by atomic mass is 35.5. The van der Waals surface area contributed by atoms with Gasteiger partial charge < -0.3 is 10.3 Å². The van der Waals surface area contributed by atoms with Crippen LogP contribution in [0.25, 0.3) is 11.0 Å². The van der Waals surface area contributed by atoms with Crippen molar-refractivity contribution in [2.45, 2.75) is 6.54 Å². The fourth-order valence-corrected chi connectivity index (χ4v) is 3.30. The molecule has 2 aromatic heterocycles. The van der Waals surface area contributed by atoms with Crippen LogP contribution in [0.1, 0.15) is 16.2 Å². The Balaban J connectivity index is 1.73. The SMILES string of the molecule is O=C(NCc1nc2ccccc2[nH]1)c1cc(Cl)sc1Cl. The molecule has 0 unspecified atom stereocenters. The topological polar surface area (TPSA) is 57.8 Å². The van der Waals surface area contributed by atoms with E-state index in [1.807, 2.05) is 24.3 Å². The van der Waals surface area contributed by atoms with Gasteiger partial charge in [-0.2, -0.15) is 0 Å². The fraction of sp³-hybridized carbons (Fsp3) is 0.0769. The van der Waals surface area contributed by atoms with Crippen molar-refractivity contribution in [3.63, 3.8) is 0 Å². The van der Waals surface area contributed by atoms with Crippen LogP contribution in [-0.2, 0) is 6.54 Å². The predicted octanol–water partition coefficient (Wildman–Crippen LogP) is 3.86. The summed E-state index contributed by atoms with van der Waals surface area (Å²) in [5.41, 5.74) is 2.19. The molecule has 0 atom stereocenters. The number of para-hydroxylation sites is 2. The van der Waals surface area contributed by atoms with E-state index in [2.05, 4.69) is 15.3 Å². The van der Waals surface area contributed by atoms with Crippen molar-refractivity contribution in [3.8, 4) is 0 Å². The molecule has 0 bridgehead atoms. The predicted molar refractivity (Wildman–Crippen MR) is 81.6 cm³/mol. The van der Waals surface area contributed by atoms with Gasteiger partial charge in [0.05, 0.1) is 27.5 Å². The van der Waals surface area contributed by atoms with Gasteiger partial charge in [0.2, 0.25) is 0 Å². The summed E-state index contributed by atoms with van der Waals surface area (Å²) in [5.74, 6) is 0.426. The van der Waals surface area contributed by atoms with Crippen molar-refractivity contribution in [2.75, 3.05) is 0 Å². The molecule has 0 saturated heterocycles. The third kappa shape index (κ3) is 2.65. The lowest BCUT2D eigenvalue weighted by Crippen LogP contribution is -2.23. The summed E-state index contributed by atoms with van der Waals surface area (Å²) in [6.07, 6.45) is 0. The molecule has 3 rings (SSSR count). The highest BCUT2D eigenvalue weighted by molar-refractivity contribution is 7.20. The van der Waals surface area contributed by atoms with Crippen LogP contribution < -0.4 is 5.32 Å². The summed E-state index contributed by atoms with van der Waals surface area (Å²) in [4.78, 5) is 19.5. The smallest absolute Gasteiger partial charge is 0.254 e. The zero-order valence-electron chi connectivity index (χ0n) is 10.1. The van der Waals surface area contributed by atoms with Gasteiger partial charge in [0, 0.05) is 0 Å². The Morgan fingerprint density at radius 3 is 2.85 bits per heavy atom. The van der Waals surface area contributed by atoms with E-state index in [9.17, 15) is 4.79 Å².